The minimum Gasteiger partial charge on any atom is -0.332 e. The van der Waals surface area contributed by atoms with Gasteiger partial charge in [-0.2, -0.15) is 0 Å². The van der Waals surface area contributed by atoms with Gasteiger partial charge in [-0.3, -0.25) is 9.59 Å². The number of amides is 2. The smallest absolute Gasteiger partial charge is 0.313 e. The summed E-state index contributed by atoms with van der Waals surface area (Å²) in [6.07, 6.45) is 0.819. The van der Waals surface area contributed by atoms with E-state index in [4.69, 9.17) is 0 Å². The first kappa shape index (κ1) is 15.5. The maximum atomic E-state index is 12.2. The van der Waals surface area contributed by atoms with Gasteiger partial charge in [-0.05, 0) is 31.5 Å². The average molecular weight is 289 g/mol. The Balaban J connectivity index is 2.06. The third-order valence-electron chi connectivity index (χ3n) is 3.96. The molecule has 0 saturated carbocycles. The van der Waals surface area contributed by atoms with Crippen molar-refractivity contribution in [2.24, 2.45) is 0 Å². The van der Waals surface area contributed by atoms with E-state index >= 15 is 0 Å². The molecule has 0 spiro atoms. The van der Waals surface area contributed by atoms with Crippen molar-refractivity contribution in [2.75, 3.05) is 38.5 Å². The zero-order valence-electron chi connectivity index (χ0n) is 13.0. The molecule has 0 atom stereocenters. The molecule has 0 radical (unpaired) electrons. The summed E-state index contributed by atoms with van der Waals surface area (Å²) in [5, 5.41) is 2.79. The first-order valence-electron chi connectivity index (χ1n) is 7.40. The minimum atomic E-state index is -0.538. The van der Waals surface area contributed by atoms with Crippen LogP contribution in [0, 0.1) is 6.92 Å². The van der Waals surface area contributed by atoms with Gasteiger partial charge in [-0.15, -0.1) is 0 Å². The average Bonchev–Trinajstić information content (AvgIpc) is 2.49. The van der Waals surface area contributed by atoms with Crippen molar-refractivity contribution in [1.82, 2.24) is 9.80 Å². The fraction of sp³-hybridized carbons (Fsp3) is 0.500. The molecule has 2 amide bonds. The first-order valence-corrected chi connectivity index (χ1v) is 7.40. The van der Waals surface area contributed by atoms with Crippen LogP contribution in [0.5, 0.6) is 0 Å². The third-order valence-corrected chi connectivity index (χ3v) is 3.96. The van der Waals surface area contributed by atoms with Crippen molar-refractivity contribution < 1.29 is 9.59 Å². The van der Waals surface area contributed by atoms with Crippen LogP contribution in [0.2, 0.25) is 0 Å². The van der Waals surface area contributed by atoms with E-state index in [1.54, 1.807) is 4.90 Å². The van der Waals surface area contributed by atoms with Gasteiger partial charge < -0.3 is 15.1 Å². The minimum absolute atomic E-state index is 0.437. The summed E-state index contributed by atoms with van der Waals surface area (Å²) < 4.78 is 0. The number of hydrogen-bond donors (Lipinski definition) is 1. The van der Waals surface area contributed by atoms with Gasteiger partial charge >= 0.3 is 11.8 Å². The lowest BCUT2D eigenvalue weighted by Gasteiger charge is -2.31. The van der Waals surface area contributed by atoms with Crippen LogP contribution in [0.25, 0.3) is 0 Å². The monoisotopic (exact) mass is 289 g/mol. The molecule has 1 aromatic carbocycles. The summed E-state index contributed by atoms with van der Waals surface area (Å²) in [5.41, 5.74) is 2.80. The number of rotatable bonds is 2. The fourth-order valence-electron chi connectivity index (χ4n) is 2.52. The highest BCUT2D eigenvalue weighted by atomic mass is 16.2. The van der Waals surface area contributed by atoms with Gasteiger partial charge in [0.05, 0.1) is 0 Å². The predicted molar refractivity (Wildman–Crippen MR) is 83.3 cm³/mol. The molecule has 5 heteroatoms. The van der Waals surface area contributed by atoms with Gasteiger partial charge in [0.15, 0.2) is 0 Å². The number of para-hydroxylation sites is 1. The van der Waals surface area contributed by atoms with Crippen LogP contribution in [-0.4, -0.2) is 54.8 Å². The molecule has 2 rings (SSSR count). The Bertz CT molecular complexity index is 534. The number of nitrogens with one attached hydrogen (secondary N) is 1. The Labute approximate surface area is 125 Å². The molecule has 0 aliphatic carbocycles. The van der Waals surface area contributed by atoms with E-state index in [0.29, 0.717) is 13.1 Å². The van der Waals surface area contributed by atoms with E-state index in [-0.39, 0.29) is 0 Å². The van der Waals surface area contributed by atoms with Crippen LogP contribution >= 0.6 is 0 Å². The van der Waals surface area contributed by atoms with E-state index in [0.717, 1.165) is 36.3 Å². The fourth-order valence-corrected chi connectivity index (χ4v) is 2.52. The Morgan fingerprint density at radius 2 is 1.86 bits per heavy atom. The highest BCUT2D eigenvalue weighted by Gasteiger charge is 2.25. The second-order valence-corrected chi connectivity index (χ2v) is 5.51. The lowest BCUT2D eigenvalue weighted by Crippen LogP contribution is -2.50. The molecule has 1 aliphatic heterocycles. The predicted octanol–water partition coefficient (Wildman–Crippen LogP) is 1.27. The molecule has 5 nitrogen and oxygen atoms in total. The van der Waals surface area contributed by atoms with Crippen molar-refractivity contribution in [3.8, 4) is 0 Å². The molecule has 114 valence electrons. The summed E-state index contributed by atoms with van der Waals surface area (Å²) >= 11 is 0. The Kier molecular flexibility index (Phi) is 4.96. The number of carbonyl (C=O) groups excluding carboxylic acids is 2. The lowest BCUT2D eigenvalue weighted by atomic mass is 10.1. The number of benzene rings is 1. The molecule has 1 fully saturated rings. The molecular formula is C16H23N3O2. The Morgan fingerprint density at radius 3 is 2.48 bits per heavy atom. The standard InChI is InChI=1S/C16H23N3O2/c1-4-13-7-5-6-12(2)14(13)17-15(20)16(21)19-10-8-18(3)9-11-19/h5-7H,4,8-11H2,1-3H3,(H,17,20). The van der Waals surface area contributed by atoms with Crippen LogP contribution in [0.1, 0.15) is 18.1 Å². The largest absolute Gasteiger partial charge is 0.332 e. The summed E-state index contributed by atoms with van der Waals surface area (Å²) in [4.78, 5) is 28.2. The zero-order chi connectivity index (χ0) is 15.4. The van der Waals surface area contributed by atoms with Gasteiger partial charge in [0, 0.05) is 31.9 Å². The maximum Gasteiger partial charge on any atom is 0.313 e. The number of carbonyl (C=O) groups is 2. The van der Waals surface area contributed by atoms with Gasteiger partial charge in [-0.1, -0.05) is 25.1 Å². The van der Waals surface area contributed by atoms with Crippen molar-refractivity contribution in [3.05, 3.63) is 29.3 Å². The van der Waals surface area contributed by atoms with E-state index in [2.05, 4.69) is 10.2 Å². The van der Waals surface area contributed by atoms with E-state index in [1.165, 1.54) is 0 Å². The molecule has 0 aromatic heterocycles. The molecule has 1 saturated heterocycles. The highest BCUT2D eigenvalue weighted by Crippen LogP contribution is 2.21. The topological polar surface area (TPSA) is 52.7 Å². The lowest BCUT2D eigenvalue weighted by molar-refractivity contribution is -0.144. The highest BCUT2D eigenvalue weighted by molar-refractivity contribution is 6.39. The second-order valence-electron chi connectivity index (χ2n) is 5.51. The third kappa shape index (κ3) is 3.61. The van der Waals surface area contributed by atoms with E-state index < -0.39 is 11.8 Å². The molecule has 1 aromatic rings. The van der Waals surface area contributed by atoms with Crippen molar-refractivity contribution in [1.29, 1.82) is 0 Å². The zero-order valence-corrected chi connectivity index (χ0v) is 13.0. The molecule has 21 heavy (non-hydrogen) atoms. The van der Waals surface area contributed by atoms with Crippen LogP contribution < -0.4 is 5.32 Å². The van der Waals surface area contributed by atoms with Crippen molar-refractivity contribution in [2.45, 2.75) is 20.3 Å². The molecule has 1 aliphatic rings. The SMILES string of the molecule is CCc1cccc(C)c1NC(=O)C(=O)N1CCN(C)CC1. The van der Waals surface area contributed by atoms with E-state index in [9.17, 15) is 9.59 Å². The molecular weight excluding hydrogens is 266 g/mol. The number of aryl methyl sites for hydroxylation is 2. The molecule has 1 heterocycles. The van der Waals surface area contributed by atoms with E-state index in [1.807, 2.05) is 39.1 Å². The van der Waals surface area contributed by atoms with Gasteiger partial charge in [0.2, 0.25) is 0 Å². The Hall–Kier alpha value is -1.88. The van der Waals surface area contributed by atoms with Crippen LogP contribution in [0.15, 0.2) is 18.2 Å². The van der Waals surface area contributed by atoms with Gasteiger partial charge in [0.25, 0.3) is 0 Å². The number of piperazine rings is 1. The van der Waals surface area contributed by atoms with Gasteiger partial charge in [-0.25, -0.2) is 0 Å². The van der Waals surface area contributed by atoms with Crippen LogP contribution in [0.3, 0.4) is 0 Å². The number of likely N-dealkylation sites (N-methyl/N-ethyl adjacent to an activating group) is 1. The van der Waals surface area contributed by atoms with Crippen molar-refractivity contribution >= 4 is 17.5 Å². The second kappa shape index (κ2) is 6.72. The van der Waals surface area contributed by atoms with Crippen LogP contribution in [-0.2, 0) is 16.0 Å². The Morgan fingerprint density at radius 1 is 1.19 bits per heavy atom. The number of anilines is 1. The number of nitrogens with zero attached hydrogens (tertiary/aromatic N) is 2. The van der Waals surface area contributed by atoms with Crippen LogP contribution in [0.4, 0.5) is 5.69 Å². The summed E-state index contributed by atoms with van der Waals surface area (Å²) in [6, 6.07) is 5.88. The normalized spacial score (nSPS) is 15.9. The summed E-state index contributed by atoms with van der Waals surface area (Å²) in [5.74, 6) is -0.975. The molecule has 1 N–H and O–H groups in total. The molecule has 0 unspecified atom stereocenters. The molecule has 0 bridgehead atoms. The quantitative estimate of drug-likeness (QED) is 0.834. The van der Waals surface area contributed by atoms with Crippen molar-refractivity contribution in [3.63, 3.8) is 0 Å². The first-order chi connectivity index (χ1) is 10.0. The summed E-state index contributed by atoms with van der Waals surface area (Å²) in [7, 11) is 2.02. The van der Waals surface area contributed by atoms with Gasteiger partial charge in [0.1, 0.15) is 0 Å². The summed E-state index contributed by atoms with van der Waals surface area (Å²) in [6.45, 7) is 6.81. The maximum absolute atomic E-state index is 12.2. The number of hydrogen-bond acceptors (Lipinski definition) is 3.